The van der Waals surface area contributed by atoms with Gasteiger partial charge in [-0.15, -0.1) is 0 Å². The molecule has 0 atom stereocenters. The number of carbonyl (C=O) groups excluding carboxylic acids is 1. The van der Waals surface area contributed by atoms with Crippen LogP contribution in [0.5, 0.6) is 5.75 Å². The van der Waals surface area contributed by atoms with Gasteiger partial charge in [-0.3, -0.25) is 4.79 Å². The zero-order valence-electron chi connectivity index (χ0n) is 10.2. The Labute approximate surface area is 111 Å². The molecule has 0 N–H and O–H groups in total. The van der Waals surface area contributed by atoms with E-state index >= 15 is 0 Å². The van der Waals surface area contributed by atoms with Crippen LogP contribution >= 0.6 is 15.9 Å². The molecule has 1 aromatic rings. The van der Waals surface area contributed by atoms with Crippen molar-refractivity contribution in [3.63, 3.8) is 0 Å². The molecule has 0 saturated heterocycles. The third kappa shape index (κ3) is 5.87. The molecule has 0 saturated carbocycles. The maximum atomic E-state index is 11.7. The van der Waals surface area contributed by atoms with Gasteiger partial charge in [0.2, 0.25) is 0 Å². The highest BCUT2D eigenvalue weighted by Crippen LogP contribution is 2.13. The molecule has 0 bridgehead atoms. The minimum absolute atomic E-state index is 0.324. The number of rotatable bonds is 8. The number of halogens is 1. The number of ketones is 1. The topological polar surface area (TPSA) is 26.3 Å². The lowest BCUT2D eigenvalue weighted by molar-refractivity contribution is -0.118. The van der Waals surface area contributed by atoms with Crippen molar-refractivity contribution in [1.82, 2.24) is 0 Å². The molecule has 0 fully saturated rings. The van der Waals surface area contributed by atoms with Crippen molar-refractivity contribution in [1.29, 1.82) is 0 Å². The summed E-state index contributed by atoms with van der Waals surface area (Å²) in [5.41, 5.74) is 1.07. The van der Waals surface area contributed by atoms with Crippen LogP contribution in [0.1, 0.15) is 31.2 Å². The standard InChI is InChI=1S/C14H19BrO2/c1-17-14-8-6-12(7-9-14)11-13(16)5-3-2-4-10-15/h6-9H,2-5,10-11H2,1H3. The number of benzene rings is 1. The van der Waals surface area contributed by atoms with Crippen LogP contribution in [0.25, 0.3) is 0 Å². The molecular formula is C14H19BrO2. The molecule has 0 aromatic heterocycles. The molecule has 2 nitrogen and oxygen atoms in total. The van der Waals surface area contributed by atoms with E-state index in [0.717, 1.165) is 35.9 Å². The first kappa shape index (κ1) is 14.2. The highest BCUT2D eigenvalue weighted by molar-refractivity contribution is 9.09. The molecule has 0 amide bonds. The Kier molecular flexibility index (Phi) is 6.94. The number of alkyl halides is 1. The lowest BCUT2D eigenvalue weighted by Gasteiger charge is -2.03. The Morgan fingerprint density at radius 2 is 1.88 bits per heavy atom. The van der Waals surface area contributed by atoms with Crippen molar-refractivity contribution in [2.75, 3.05) is 12.4 Å². The maximum Gasteiger partial charge on any atom is 0.137 e. The van der Waals surface area contributed by atoms with Gasteiger partial charge in [0.1, 0.15) is 11.5 Å². The Morgan fingerprint density at radius 1 is 1.18 bits per heavy atom. The summed E-state index contributed by atoms with van der Waals surface area (Å²) in [6.45, 7) is 0. The minimum Gasteiger partial charge on any atom is -0.497 e. The van der Waals surface area contributed by atoms with Crippen molar-refractivity contribution >= 4 is 21.7 Å². The van der Waals surface area contributed by atoms with Crippen LogP contribution < -0.4 is 4.74 Å². The van der Waals surface area contributed by atoms with Gasteiger partial charge in [0.15, 0.2) is 0 Å². The van der Waals surface area contributed by atoms with E-state index in [-0.39, 0.29) is 0 Å². The van der Waals surface area contributed by atoms with E-state index in [1.165, 1.54) is 0 Å². The largest absolute Gasteiger partial charge is 0.497 e. The first-order chi connectivity index (χ1) is 8.26. The van der Waals surface area contributed by atoms with E-state index in [9.17, 15) is 4.79 Å². The van der Waals surface area contributed by atoms with Crippen molar-refractivity contribution in [2.24, 2.45) is 0 Å². The van der Waals surface area contributed by atoms with E-state index in [2.05, 4.69) is 15.9 Å². The fraction of sp³-hybridized carbons (Fsp3) is 0.500. The van der Waals surface area contributed by atoms with Crippen LogP contribution in [0.3, 0.4) is 0 Å². The zero-order chi connectivity index (χ0) is 12.5. The number of ether oxygens (including phenoxy) is 1. The van der Waals surface area contributed by atoms with Gasteiger partial charge in [-0.05, 0) is 30.5 Å². The number of hydrogen-bond acceptors (Lipinski definition) is 2. The van der Waals surface area contributed by atoms with E-state index in [4.69, 9.17) is 4.74 Å². The van der Waals surface area contributed by atoms with Gasteiger partial charge in [0.25, 0.3) is 0 Å². The molecule has 0 aliphatic carbocycles. The molecule has 0 radical (unpaired) electrons. The molecule has 0 aliphatic rings. The summed E-state index contributed by atoms with van der Waals surface area (Å²) >= 11 is 3.39. The van der Waals surface area contributed by atoms with Crippen LogP contribution in [0, 0.1) is 0 Å². The first-order valence-electron chi connectivity index (χ1n) is 5.97. The lowest BCUT2D eigenvalue weighted by Crippen LogP contribution is -2.02. The van der Waals surface area contributed by atoms with Crippen LogP contribution in [0.2, 0.25) is 0 Å². The summed E-state index contributed by atoms with van der Waals surface area (Å²) in [6, 6.07) is 7.70. The third-order valence-electron chi connectivity index (χ3n) is 2.65. The van der Waals surface area contributed by atoms with Crippen molar-refractivity contribution in [2.45, 2.75) is 32.1 Å². The van der Waals surface area contributed by atoms with E-state index in [1.54, 1.807) is 7.11 Å². The summed E-state index contributed by atoms with van der Waals surface area (Å²) < 4.78 is 5.08. The average molecular weight is 299 g/mol. The Hall–Kier alpha value is -0.830. The van der Waals surface area contributed by atoms with Gasteiger partial charge >= 0.3 is 0 Å². The van der Waals surface area contributed by atoms with Gasteiger partial charge in [-0.1, -0.05) is 34.5 Å². The summed E-state index contributed by atoms with van der Waals surface area (Å²) in [4.78, 5) is 11.7. The number of unbranched alkanes of at least 4 members (excludes halogenated alkanes) is 2. The number of methoxy groups -OCH3 is 1. The van der Waals surface area contributed by atoms with E-state index < -0.39 is 0 Å². The second kappa shape index (κ2) is 8.29. The van der Waals surface area contributed by atoms with E-state index in [1.807, 2.05) is 24.3 Å². The fourth-order valence-electron chi connectivity index (χ4n) is 1.65. The summed E-state index contributed by atoms with van der Waals surface area (Å²) in [5, 5.41) is 1.03. The van der Waals surface area contributed by atoms with Gasteiger partial charge in [-0.2, -0.15) is 0 Å². The monoisotopic (exact) mass is 298 g/mol. The van der Waals surface area contributed by atoms with Crippen LogP contribution in [0.15, 0.2) is 24.3 Å². The zero-order valence-corrected chi connectivity index (χ0v) is 11.8. The highest BCUT2D eigenvalue weighted by atomic mass is 79.9. The summed E-state index contributed by atoms with van der Waals surface area (Å²) in [6.07, 6.45) is 4.51. The van der Waals surface area contributed by atoms with Crippen LogP contribution in [-0.2, 0) is 11.2 Å². The predicted octanol–water partition coefficient (Wildman–Crippen LogP) is 3.76. The van der Waals surface area contributed by atoms with Gasteiger partial charge in [-0.25, -0.2) is 0 Å². The molecule has 3 heteroatoms. The number of carbonyl (C=O) groups is 1. The van der Waals surface area contributed by atoms with Crippen molar-refractivity contribution < 1.29 is 9.53 Å². The second-order valence-electron chi connectivity index (χ2n) is 4.06. The maximum absolute atomic E-state index is 11.7. The molecule has 1 aromatic carbocycles. The Bertz CT molecular complexity index is 333. The molecule has 0 aliphatic heterocycles. The SMILES string of the molecule is COc1ccc(CC(=O)CCCCCBr)cc1. The molecular weight excluding hydrogens is 280 g/mol. The Morgan fingerprint density at radius 3 is 2.47 bits per heavy atom. The van der Waals surface area contributed by atoms with Crippen LogP contribution in [-0.4, -0.2) is 18.2 Å². The highest BCUT2D eigenvalue weighted by Gasteiger charge is 2.03. The minimum atomic E-state index is 0.324. The summed E-state index contributed by atoms with van der Waals surface area (Å²) in [7, 11) is 1.64. The summed E-state index contributed by atoms with van der Waals surface area (Å²) in [5.74, 6) is 1.16. The van der Waals surface area contributed by atoms with Crippen LogP contribution in [0.4, 0.5) is 0 Å². The average Bonchev–Trinajstić information content (AvgIpc) is 2.36. The Balaban J connectivity index is 2.29. The number of hydrogen-bond donors (Lipinski definition) is 0. The predicted molar refractivity (Wildman–Crippen MR) is 74.0 cm³/mol. The molecule has 17 heavy (non-hydrogen) atoms. The molecule has 0 heterocycles. The molecule has 94 valence electrons. The second-order valence-corrected chi connectivity index (χ2v) is 4.86. The normalized spacial score (nSPS) is 10.2. The molecule has 0 spiro atoms. The van der Waals surface area contributed by atoms with Crippen molar-refractivity contribution in [3.05, 3.63) is 29.8 Å². The van der Waals surface area contributed by atoms with Crippen molar-refractivity contribution in [3.8, 4) is 5.75 Å². The smallest absolute Gasteiger partial charge is 0.137 e. The van der Waals surface area contributed by atoms with Gasteiger partial charge < -0.3 is 4.74 Å². The third-order valence-corrected chi connectivity index (χ3v) is 3.21. The number of Topliss-reactive ketones (excluding diaryl/α,β-unsaturated/α-hetero) is 1. The molecule has 0 unspecified atom stereocenters. The van der Waals surface area contributed by atoms with Gasteiger partial charge in [0, 0.05) is 18.2 Å². The first-order valence-corrected chi connectivity index (χ1v) is 7.09. The molecule has 1 rings (SSSR count). The fourth-order valence-corrected chi connectivity index (χ4v) is 2.05. The lowest BCUT2D eigenvalue weighted by atomic mass is 10.0. The quantitative estimate of drug-likeness (QED) is 0.539. The van der Waals surface area contributed by atoms with E-state index in [0.29, 0.717) is 18.6 Å². The van der Waals surface area contributed by atoms with Gasteiger partial charge in [0.05, 0.1) is 7.11 Å².